The highest BCUT2D eigenvalue weighted by Gasteiger charge is 2.51. The van der Waals surface area contributed by atoms with Crippen LogP contribution in [0.5, 0.6) is 0 Å². The Balaban J connectivity index is 1.00. The van der Waals surface area contributed by atoms with Gasteiger partial charge < -0.3 is 29.2 Å². The van der Waals surface area contributed by atoms with Crippen molar-refractivity contribution in [1.82, 2.24) is 0 Å². The van der Waals surface area contributed by atoms with Crippen LogP contribution in [0.25, 0.3) is 0 Å². The van der Waals surface area contributed by atoms with E-state index in [9.17, 15) is 10.2 Å². The van der Waals surface area contributed by atoms with Crippen LogP contribution in [0.2, 0.25) is 0 Å². The van der Waals surface area contributed by atoms with Crippen molar-refractivity contribution in [3.05, 3.63) is 71.8 Å². The fourth-order valence-electron chi connectivity index (χ4n) is 6.69. The average Bonchev–Trinajstić information content (AvgIpc) is 3.54. The highest BCUT2D eigenvalue weighted by atomic mass is 16.8. The second kappa shape index (κ2) is 10.2. The van der Waals surface area contributed by atoms with Gasteiger partial charge in [-0.2, -0.15) is 0 Å². The van der Waals surface area contributed by atoms with Crippen LogP contribution in [-0.4, -0.2) is 59.4 Å². The molecule has 194 valence electrons. The summed E-state index contributed by atoms with van der Waals surface area (Å²) in [5.41, 5.74) is 2.73. The first-order valence-electron chi connectivity index (χ1n) is 13.6. The summed E-state index contributed by atoms with van der Waals surface area (Å²) in [6.07, 6.45) is 3.82. The SMILES string of the molecule is O[C@H]([C@@H](O)[C@@H]1COC2(CCC(c3ccccc3)CC2)O1)[C@@H]1COC2(CCC(c3ccccc3)CC2)O1. The van der Waals surface area contributed by atoms with Gasteiger partial charge in [0.25, 0.3) is 0 Å². The maximum atomic E-state index is 11.0. The highest BCUT2D eigenvalue weighted by molar-refractivity contribution is 5.21. The molecule has 2 aromatic carbocycles. The second-order valence-corrected chi connectivity index (χ2v) is 11.1. The third-order valence-electron chi connectivity index (χ3n) is 8.90. The topological polar surface area (TPSA) is 77.4 Å². The van der Waals surface area contributed by atoms with Crippen LogP contribution in [0.1, 0.15) is 74.3 Å². The van der Waals surface area contributed by atoms with Crippen LogP contribution in [0, 0.1) is 0 Å². The van der Waals surface area contributed by atoms with Gasteiger partial charge in [-0.3, -0.25) is 0 Å². The van der Waals surface area contributed by atoms with Crippen LogP contribution in [0.4, 0.5) is 0 Å². The lowest BCUT2D eigenvalue weighted by molar-refractivity contribution is -0.218. The van der Waals surface area contributed by atoms with Crippen LogP contribution in [0.15, 0.2) is 60.7 Å². The summed E-state index contributed by atoms with van der Waals surface area (Å²) >= 11 is 0. The average molecular weight is 495 g/mol. The van der Waals surface area contributed by atoms with E-state index in [-0.39, 0.29) is 13.2 Å². The third kappa shape index (κ3) is 4.87. The minimum Gasteiger partial charge on any atom is -0.387 e. The van der Waals surface area contributed by atoms with Gasteiger partial charge in [0.05, 0.1) is 13.2 Å². The normalized spacial score (nSPS) is 38.4. The smallest absolute Gasteiger partial charge is 0.169 e. The largest absolute Gasteiger partial charge is 0.387 e. The number of aliphatic hydroxyl groups is 2. The number of aliphatic hydroxyl groups excluding tert-OH is 2. The molecule has 36 heavy (non-hydrogen) atoms. The number of benzene rings is 2. The zero-order valence-corrected chi connectivity index (χ0v) is 20.8. The van der Waals surface area contributed by atoms with Crippen LogP contribution < -0.4 is 0 Å². The fourth-order valence-corrected chi connectivity index (χ4v) is 6.69. The quantitative estimate of drug-likeness (QED) is 0.630. The Kier molecular flexibility index (Phi) is 6.93. The van der Waals surface area contributed by atoms with Gasteiger partial charge in [-0.25, -0.2) is 0 Å². The standard InChI is InChI=1S/C30H38O6/c31-27(25-19-33-29(35-25)15-11-23(12-16-29)21-7-3-1-4-8-21)28(32)26-20-34-30(36-26)17-13-24(14-18-30)22-9-5-2-6-10-22/h1-10,23-28,31-32H,11-20H2/t23?,24?,25-,26-,27-,28-,29?,30?/m0/s1. The van der Waals surface area contributed by atoms with E-state index in [1.54, 1.807) is 0 Å². The van der Waals surface area contributed by atoms with Crippen molar-refractivity contribution < 1.29 is 29.2 Å². The van der Waals surface area contributed by atoms with E-state index in [0.29, 0.717) is 11.8 Å². The first-order chi connectivity index (χ1) is 17.5. The van der Waals surface area contributed by atoms with E-state index in [1.807, 2.05) is 12.1 Å². The van der Waals surface area contributed by atoms with Crippen LogP contribution >= 0.6 is 0 Å². The van der Waals surface area contributed by atoms with E-state index >= 15 is 0 Å². The summed E-state index contributed by atoms with van der Waals surface area (Å²) in [4.78, 5) is 0. The molecule has 4 fully saturated rings. The summed E-state index contributed by atoms with van der Waals surface area (Å²) in [6, 6.07) is 21.2. The zero-order chi connectivity index (χ0) is 24.6. The first kappa shape index (κ1) is 24.5. The Morgan fingerprint density at radius 3 is 1.31 bits per heavy atom. The van der Waals surface area contributed by atoms with Crippen LogP contribution in [-0.2, 0) is 18.9 Å². The molecule has 0 amide bonds. The Morgan fingerprint density at radius 2 is 0.944 bits per heavy atom. The Bertz CT molecular complexity index is 900. The van der Waals surface area contributed by atoms with Gasteiger partial charge in [0.2, 0.25) is 0 Å². The Labute approximate surface area is 213 Å². The molecular weight excluding hydrogens is 456 g/mol. The van der Waals surface area contributed by atoms with Crippen molar-refractivity contribution in [2.75, 3.05) is 13.2 Å². The highest BCUT2D eigenvalue weighted by Crippen LogP contribution is 2.46. The minimum absolute atomic E-state index is 0.283. The molecule has 6 nitrogen and oxygen atoms in total. The molecule has 6 heteroatoms. The molecule has 4 atom stereocenters. The lowest BCUT2D eigenvalue weighted by Crippen LogP contribution is -2.48. The summed E-state index contributed by atoms with van der Waals surface area (Å²) in [7, 11) is 0. The van der Waals surface area contributed by atoms with Crippen molar-refractivity contribution in [2.24, 2.45) is 0 Å². The Hall–Kier alpha value is -1.80. The summed E-state index contributed by atoms with van der Waals surface area (Å²) in [5.74, 6) is -0.284. The van der Waals surface area contributed by atoms with Gasteiger partial charge >= 0.3 is 0 Å². The molecule has 2 heterocycles. The van der Waals surface area contributed by atoms with E-state index in [1.165, 1.54) is 11.1 Å². The second-order valence-electron chi connectivity index (χ2n) is 11.1. The molecular formula is C30H38O6. The molecule has 2 spiro atoms. The molecule has 2 saturated heterocycles. The molecule has 2 N–H and O–H groups in total. The molecule has 2 saturated carbocycles. The fraction of sp³-hybridized carbons (Fsp3) is 0.600. The third-order valence-corrected chi connectivity index (χ3v) is 8.90. The van der Waals surface area contributed by atoms with Crippen molar-refractivity contribution in [3.63, 3.8) is 0 Å². The van der Waals surface area contributed by atoms with Crippen molar-refractivity contribution in [3.8, 4) is 0 Å². The van der Waals surface area contributed by atoms with Gasteiger partial charge in [-0.1, -0.05) is 60.7 Å². The predicted octanol–water partition coefficient (Wildman–Crippen LogP) is 4.65. The summed E-state index contributed by atoms with van der Waals surface area (Å²) < 4.78 is 24.8. The van der Waals surface area contributed by atoms with Gasteiger partial charge in [0.1, 0.15) is 24.4 Å². The van der Waals surface area contributed by atoms with Gasteiger partial charge in [-0.15, -0.1) is 0 Å². The molecule has 2 aromatic rings. The Morgan fingerprint density at radius 1 is 0.583 bits per heavy atom. The molecule has 2 aliphatic carbocycles. The zero-order valence-electron chi connectivity index (χ0n) is 20.8. The first-order valence-corrected chi connectivity index (χ1v) is 13.6. The molecule has 4 aliphatic rings. The minimum atomic E-state index is -1.08. The van der Waals surface area contributed by atoms with E-state index < -0.39 is 36.0 Å². The summed E-state index contributed by atoms with van der Waals surface area (Å²) in [5, 5.41) is 22.0. The van der Waals surface area contributed by atoms with Crippen molar-refractivity contribution in [2.45, 2.75) is 99.2 Å². The van der Waals surface area contributed by atoms with E-state index in [0.717, 1.165) is 51.4 Å². The number of ether oxygens (including phenoxy) is 4. The predicted molar refractivity (Wildman–Crippen MR) is 134 cm³/mol. The maximum absolute atomic E-state index is 11.0. The lowest BCUT2D eigenvalue weighted by atomic mass is 9.81. The number of hydrogen-bond donors (Lipinski definition) is 2. The number of hydrogen-bond acceptors (Lipinski definition) is 6. The molecule has 6 rings (SSSR count). The van der Waals surface area contributed by atoms with Crippen LogP contribution in [0.3, 0.4) is 0 Å². The molecule has 0 radical (unpaired) electrons. The summed E-state index contributed by atoms with van der Waals surface area (Å²) in [6.45, 7) is 0.567. The van der Waals surface area contributed by atoms with Crippen molar-refractivity contribution >= 4 is 0 Å². The maximum Gasteiger partial charge on any atom is 0.169 e. The van der Waals surface area contributed by atoms with Gasteiger partial charge in [0.15, 0.2) is 11.6 Å². The van der Waals surface area contributed by atoms with E-state index in [2.05, 4.69) is 48.5 Å². The molecule has 0 aromatic heterocycles. The lowest BCUT2D eigenvalue weighted by Gasteiger charge is -2.37. The van der Waals surface area contributed by atoms with Crippen molar-refractivity contribution in [1.29, 1.82) is 0 Å². The molecule has 0 unspecified atom stereocenters. The van der Waals surface area contributed by atoms with E-state index in [4.69, 9.17) is 18.9 Å². The molecule has 2 aliphatic heterocycles. The van der Waals surface area contributed by atoms with Gasteiger partial charge in [-0.05, 0) is 48.6 Å². The monoisotopic (exact) mass is 494 g/mol. The molecule has 0 bridgehead atoms. The van der Waals surface area contributed by atoms with Gasteiger partial charge in [0, 0.05) is 25.7 Å². The number of rotatable bonds is 5.